The van der Waals surface area contributed by atoms with Gasteiger partial charge in [-0.1, -0.05) is 13.8 Å². The first-order valence-electron chi connectivity index (χ1n) is 10.8. The summed E-state index contributed by atoms with van der Waals surface area (Å²) >= 11 is 0. The van der Waals surface area contributed by atoms with E-state index >= 15 is 0 Å². The van der Waals surface area contributed by atoms with Gasteiger partial charge in [-0.2, -0.15) is 0 Å². The van der Waals surface area contributed by atoms with Gasteiger partial charge in [-0.15, -0.1) is 0 Å². The molecule has 0 aromatic rings. The van der Waals surface area contributed by atoms with Crippen LogP contribution in [-0.4, -0.2) is 18.0 Å². The zero-order valence-electron chi connectivity index (χ0n) is 17.3. The summed E-state index contributed by atoms with van der Waals surface area (Å²) < 4.78 is 11.3. The number of ether oxygens (including phenoxy) is 2. The van der Waals surface area contributed by atoms with Gasteiger partial charge in [-0.05, 0) is 86.5 Å². The lowest BCUT2D eigenvalue weighted by molar-refractivity contribution is -0.163. The molecule has 0 spiro atoms. The SMILES string of the molecule is CC(=O)OC1=CC[C@H]2[C@@H]3CCC4CCC(OC(C)=O)C[C@]4(C)[C@@H]3CC[C@]12C. The Hall–Kier alpha value is -1.32. The van der Waals surface area contributed by atoms with Gasteiger partial charge in [-0.3, -0.25) is 9.59 Å². The molecule has 7 atom stereocenters. The molecule has 4 aliphatic carbocycles. The van der Waals surface area contributed by atoms with E-state index in [4.69, 9.17) is 9.47 Å². The van der Waals surface area contributed by atoms with Crippen LogP contribution < -0.4 is 0 Å². The number of esters is 2. The molecule has 0 N–H and O–H groups in total. The molecule has 0 heterocycles. The summed E-state index contributed by atoms with van der Waals surface area (Å²) in [7, 11) is 0. The van der Waals surface area contributed by atoms with Crippen molar-refractivity contribution < 1.29 is 19.1 Å². The predicted molar refractivity (Wildman–Crippen MR) is 103 cm³/mol. The second-order valence-electron chi connectivity index (χ2n) is 10.0. The summed E-state index contributed by atoms with van der Waals surface area (Å²) in [6, 6.07) is 0. The second kappa shape index (κ2) is 6.63. The van der Waals surface area contributed by atoms with E-state index in [0.717, 1.165) is 37.4 Å². The van der Waals surface area contributed by atoms with E-state index in [1.165, 1.54) is 39.5 Å². The van der Waals surface area contributed by atoms with Crippen LogP contribution in [0.1, 0.15) is 79.1 Å². The average Bonchev–Trinajstić information content (AvgIpc) is 2.89. The summed E-state index contributed by atoms with van der Waals surface area (Å²) in [6.07, 6.45) is 11.4. The molecule has 0 aromatic carbocycles. The summed E-state index contributed by atoms with van der Waals surface area (Å²) in [5, 5.41) is 0. The van der Waals surface area contributed by atoms with Crippen molar-refractivity contribution >= 4 is 11.9 Å². The van der Waals surface area contributed by atoms with Gasteiger partial charge < -0.3 is 9.47 Å². The summed E-state index contributed by atoms with van der Waals surface area (Å²) in [4.78, 5) is 23.1. The predicted octanol–water partition coefficient (Wildman–Crippen LogP) is 5.02. The molecule has 0 aromatic heterocycles. The Morgan fingerprint density at radius 3 is 2.44 bits per heavy atom. The molecule has 4 aliphatic rings. The number of rotatable bonds is 2. The average molecular weight is 375 g/mol. The highest BCUT2D eigenvalue weighted by atomic mass is 16.5. The topological polar surface area (TPSA) is 52.6 Å². The van der Waals surface area contributed by atoms with E-state index in [1.54, 1.807) is 0 Å². The molecule has 0 aliphatic heterocycles. The van der Waals surface area contributed by atoms with Gasteiger partial charge in [0.25, 0.3) is 0 Å². The third kappa shape index (κ3) is 3.03. The van der Waals surface area contributed by atoms with Crippen LogP contribution in [-0.2, 0) is 19.1 Å². The van der Waals surface area contributed by atoms with Crippen LogP contribution in [0.15, 0.2) is 11.8 Å². The summed E-state index contributed by atoms with van der Waals surface area (Å²) in [5.41, 5.74) is 0.285. The Labute approximate surface area is 163 Å². The summed E-state index contributed by atoms with van der Waals surface area (Å²) in [5.74, 6) is 3.30. The number of carbonyl (C=O) groups excluding carboxylic acids is 2. The van der Waals surface area contributed by atoms with Crippen LogP contribution in [0.2, 0.25) is 0 Å². The minimum absolute atomic E-state index is 0.0139. The number of hydrogen-bond acceptors (Lipinski definition) is 4. The van der Waals surface area contributed by atoms with Crippen molar-refractivity contribution in [2.45, 2.75) is 85.2 Å². The Morgan fingerprint density at radius 1 is 1.00 bits per heavy atom. The molecule has 2 unspecified atom stereocenters. The smallest absolute Gasteiger partial charge is 0.307 e. The molecule has 3 fully saturated rings. The molecule has 150 valence electrons. The van der Waals surface area contributed by atoms with Gasteiger partial charge in [0.05, 0.1) is 0 Å². The zero-order valence-corrected chi connectivity index (χ0v) is 17.3. The van der Waals surface area contributed by atoms with Crippen molar-refractivity contribution in [3.05, 3.63) is 11.8 Å². The van der Waals surface area contributed by atoms with Crippen molar-refractivity contribution in [3.63, 3.8) is 0 Å². The Bertz CT molecular complexity index is 667. The van der Waals surface area contributed by atoms with E-state index in [-0.39, 0.29) is 28.9 Å². The van der Waals surface area contributed by atoms with Crippen molar-refractivity contribution in [2.24, 2.45) is 34.5 Å². The minimum atomic E-state index is -0.197. The van der Waals surface area contributed by atoms with E-state index < -0.39 is 0 Å². The second-order valence-corrected chi connectivity index (χ2v) is 10.0. The Kier molecular flexibility index (Phi) is 4.67. The maximum Gasteiger partial charge on any atom is 0.307 e. The normalized spacial score (nSPS) is 45.8. The lowest BCUT2D eigenvalue weighted by atomic mass is 9.45. The monoisotopic (exact) mass is 374 g/mol. The van der Waals surface area contributed by atoms with Gasteiger partial charge in [0, 0.05) is 19.3 Å². The standard InChI is InChI=1S/C23H34O4/c1-14(24)26-17-7-5-16-6-8-18-19-9-10-21(27-15(2)25)22(19,3)12-11-20(18)23(16,4)13-17/h10,16-20H,5-9,11-13H2,1-4H3/t16?,17?,18-,19-,20+,22-,23-/m0/s1. The quantitative estimate of drug-likeness (QED) is 0.637. The first-order valence-corrected chi connectivity index (χ1v) is 10.8. The maximum atomic E-state index is 11.6. The third-order valence-corrected chi connectivity index (χ3v) is 8.67. The fourth-order valence-electron chi connectivity index (χ4n) is 7.48. The Balaban J connectivity index is 1.56. The van der Waals surface area contributed by atoms with Crippen LogP contribution >= 0.6 is 0 Å². The van der Waals surface area contributed by atoms with Crippen LogP contribution in [0.25, 0.3) is 0 Å². The fraction of sp³-hybridized carbons (Fsp3) is 0.826. The lowest BCUT2D eigenvalue weighted by Crippen LogP contribution is -2.54. The highest BCUT2D eigenvalue weighted by Crippen LogP contribution is 2.66. The van der Waals surface area contributed by atoms with E-state index in [2.05, 4.69) is 19.9 Å². The minimum Gasteiger partial charge on any atom is -0.463 e. The first kappa shape index (κ1) is 19.0. The molecule has 0 amide bonds. The van der Waals surface area contributed by atoms with Gasteiger partial charge >= 0.3 is 11.9 Å². The molecule has 4 rings (SSSR count). The van der Waals surface area contributed by atoms with E-state index in [0.29, 0.717) is 17.8 Å². The van der Waals surface area contributed by atoms with Crippen LogP contribution in [0, 0.1) is 34.5 Å². The third-order valence-electron chi connectivity index (χ3n) is 8.67. The molecule has 4 nitrogen and oxygen atoms in total. The van der Waals surface area contributed by atoms with Crippen molar-refractivity contribution in [3.8, 4) is 0 Å². The van der Waals surface area contributed by atoms with Gasteiger partial charge in [0.1, 0.15) is 11.9 Å². The number of fused-ring (bicyclic) bond motifs is 5. The number of allylic oxidation sites excluding steroid dienone is 2. The Morgan fingerprint density at radius 2 is 1.74 bits per heavy atom. The zero-order chi connectivity index (χ0) is 19.4. The maximum absolute atomic E-state index is 11.6. The van der Waals surface area contributed by atoms with Crippen molar-refractivity contribution in [1.29, 1.82) is 0 Å². The number of hydrogen-bond donors (Lipinski definition) is 0. The molecule has 0 bridgehead atoms. The van der Waals surface area contributed by atoms with E-state index in [9.17, 15) is 9.59 Å². The van der Waals surface area contributed by atoms with Crippen molar-refractivity contribution in [1.82, 2.24) is 0 Å². The molecule has 3 saturated carbocycles. The summed E-state index contributed by atoms with van der Waals surface area (Å²) in [6.45, 7) is 7.83. The highest BCUT2D eigenvalue weighted by molar-refractivity contribution is 5.67. The molecular weight excluding hydrogens is 340 g/mol. The number of carbonyl (C=O) groups is 2. The van der Waals surface area contributed by atoms with E-state index in [1.807, 2.05) is 0 Å². The molecular formula is C23H34O4. The van der Waals surface area contributed by atoms with Crippen LogP contribution in [0.5, 0.6) is 0 Å². The fourth-order valence-corrected chi connectivity index (χ4v) is 7.48. The van der Waals surface area contributed by atoms with Crippen molar-refractivity contribution in [2.75, 3.05) is 0 Å². The molecule has 0 radical (unpaired) electrons. The molecule has 0 saturated heterocycles. The van der Waals surface area contributed by atoms with Gasteiger partial charge in [-0.25, -0.2) is 0 Å². The van der Waals surface area contributed by atoms with Crippen LogP contribution in [0.4, 0.5) is 0 Å². The van der Waals surface area contributed by atoms with Gasteiger partial charge in [0.2, 0.25) is 0 Å². The molecule has 27 heavy (non-hydrogen) atoms. The molecule has 4 heteroatoms. The largest absolute Gasteiger partial charge is 0.463 e. The van der Waals surface area contributed by atoms with Crippen LogP contribution in [0.3, 0.4) is 0 Å². The van der Waals surface area contributed by atoms with Gasteiger partial charge in [0.15, 0.2) is 0 Å². The lowest BCUT2D eigenvalue weighted by Gasteiger charge is -2.60. The first-order chi connectivity index (χ1) is 12.7. The highest BCUT2D eigenvalue weighted by Gasteiger charge is 2.59.